The second-order valence-corrected chi connectivity index (χ2v) is 7.57. The zero-order valence-electron chi connectivity index (χ0n) is 14.6. The molecule has 0 aliphatic carbocycles. The third-order valence-corrected chi connectivity index (χ3v) is 5.79. The summed E-state index contributed by atoms with van der Waals surface area (Å²) in [5, 5.41) is 6.65. The van der Waals surface area contributed by atoms with E-state index >= 15 is 0 Å². The van der Waals surface area contributed by atoms with Crippen LogP contribution in [-0.4, -0.2) is 39.2 Å². The maximum absolute atomic E-state index is 12.4. The Morgan fingerprint density at radius 3 is 3.12 bits per heavy atom. The minimum atomic E-state index is -0.175. The molecule has 1 aliphatic heterocycles. The quantitative estimate of drug-likeness (QED) is 0.593. The van der Waals surface area contributed by atoms with Gasteiger partial charge in [0, 0.05) is 11.0 Å². The van der Waals surface area contributed by atoms with Crippen molar-refractivity contribution in [3.8, 4) is 0 Å². The summed E-state index contributed by atoms with van der Waals surface area (Å²) in [6.45, 7) is 5.42. The van der Waals surface area contributed by atoms with Gasteiger partial charge in [-0.1, -0.05) is 28.1 Å². The fourth-order valence-corrected chi connectivity index (χ4v) is 3.70. The number of anilines is 1. The summed E-state index contributed by atoms with van der Waals surface area (Å²) in [6.07, 6.45) is 2.83. The molecule has 0 saturated carbocycles. The Balaban J connectivity index is 1.63. The standard InChI is InChI=1S/C18H21BrN6O/c1-11-13(3-2-4-14(11)19)10-25-16-15(23-18(25)26)9-22-17(24-16)21-8-12-5-6-20-7-12/h2-4,9,12,20H,5-8,10H2,1H3,(H,23,26)(H,21,22,24)/t12-/m1/s1. The highest BCUT2D eigenvalue weighted by atomic mass is 79.9. The molecule has 3 N–H and O–H groups in total. The Labute approximate surface area is 159 Å². The molecular formula is C18H21BrN6O. The Hall–Kier alpha value is -2.19. The van der Waals surface area contributed by atoms with Crippen molar-refractivity contribution in [3.63, 3.8) is 0 Å². The normalized spacial score (nSPS) is 17.1. The number of fused-ring (bicyclic) bond motifs is 1. The van der Waals surface area contributed by atoms with Crippen molar-refractivity contribution in [2.45, 2.75) is 19.9 Å². The summed E-state index contributed by atoms with van der Waals surface area (Å²) in [5.74, 6) is 1.15. The highest BCUT2D eigenvalue weighted by molar-refractivity contribution is 9.10. The summed E-state index contributed by atoms with van der Waals surface area (Å²) in [7, 11) is 0. The van der Waals surface area contributed by atoms with Crippen molar-refractivity contribution >= 4 is 33.0 Å². The fraction of sp³-hybridized carbons (Fsp3) is 0.389. The highest BCUT2D eigenvalue weighted by Crippen LogP contribution is 2.21. The second-order valence-electron chi connectivity index (χ2n) is 6.71. The number of halogens is 1. The van der Waals surface area contributed by atoms with Gasteiger partial charge < -0.3 is 15.6 Å². The number of nitrogens with zero attached hydrogens (tertiary/aromatic N) is 3. The van der Waals surface area contributed by atoms with E-state index in [2.05, 4.69) is 41.5 Å². The van der Waals surface area contributed by atoms with Crippen LogP contribution in [-0.2, 0) is 6.54 Å². The first-order valence-electron chi connectivity index (χ1n) is 8.76. The van der Waals surface area contributed by atoms with Crippen LogP contribution in [0.5, 0.6) is 0 Å². The van der Waals surface area contributed by atoms with Gasteiger partial charge in [-0.05, 0) is 49.5 Å². The van der Waals surface area contributed by atoms with Crippen molar-refractivity contribution in [3.05, 3.63) is 50.5 Å². The van der Waals surface area contributed by atoms with Gasteiger partial charge in [-0.2, -0.15) is 4.98 Å². The van der Waals surface area contributed by atoms with Crippen LogP contribution in [0, 0.1) is 12.8 Å². The SMILES string of the molecule is Cc1c(Br)cccc1Cn1c(=O)[nH]c2cnc(NC[C@@H]3CCNC3)nc21. The lowest BCUT2D eigenvalue weighted by molar-refractivity contribution is 0.613. The van der Waals surface area contributed by atoms with Crippen LogP contribution in [0.1, 0.15) is 17.5 Å². The molecule has 1 aliphatic rings. The minimum absolute atomic E-state index is 0.175. The van der Waals surface area contributed by atoms with E-state index in [-0.39, 0.29) is 5.69 Å². The van der Waals surface area contributed by atoms with Gasteiger partial charge in [0.1, 0.15) is 5.52 Å². The molecule has 4 rings (SSSR count). The summed E-state index contributed by atoms with van der Waals surface area (Å²) < 4.78 is 2.69. The van der Waals surface area contributed by atoms with Crippen molar-refractivity contribution in [1.29, 1.82) is 0 Å². The van der Waals surface area contributed by atoms with Crippen LogP contribution in [0.3, 0.4) is 0 Å². The van der Waals surface area contributed by atoms with Gasteiger partial charge in [0.2, 0.25) is 5.95 Å². The van der Waals surface area contributed by atoms with Crippen LogP contribution in [0.25, 0.3) is 11.2 Å². The number of imidazole rings is 1. The van der Waals surface area contributed by atoms with E-state index in [1.807, 2.05) is 25.1 Å². The van der Waals surface area contributed by atoms with Gasteiger partial charge in [-0.25, -0.2) is 9.78 Å². The van der Waals surface area contributed by atoms with Crippen LogP contribution in [0.2, 0.25) is 0 Å². The molecule has 0 bridgehead atoms. The first kappa shape index (κ1) is 17.2. The number of H-pyrrole nitrogens is 1. The largest absolute Gasteiger partial charge is 0.354 e. The molecule has 0 amide bonds. The number of aromatic amines is 1. The molecule has 136 valence electrons. The van der Waals surface area contributed by atoms with E-state index in [0.717, 1.165) is 41.7 Å². The number of benzene rings is 1. The predicted octanol–water partition coefficient (Wildman–Crippen LogP) is 2.26. The third kappa shape index (κ3) is 3.39. The average Bonchev–Trinajstić information content (AvgIpc) is 3.25. The molecule has 8 heteroatoms. The molecule has 0 unspecified atom stereocenters. The van der Waals surface area contributed by atoms with Gasteiger partial charge >= 0.3 is 5.69 Å². The zero-order chi connectivity index (χ0) is 18.1. The lowest BCUT2D eigenvalue weighted by Crippen LogP contribution is -2.19. The highest BCUT2D eigenvalue weighted by Gasteiger charge is 2.16. The fourth-order valence-electron chi connectivity index (χ4n) is 3.30. The number of rotatable bonds is 5. The van der Waals surface area contributed by atoms with Crippen LogP contribution in [0.15, 0.2) is 33.7 Å². The van der Waals surface area contributed by atoms with E-state index in [0.29, 0.717) is 29.6 Å². The maximum Gasteiger partial charge on any atom is 0.328 e. The van der Waals surface area contributed by atoms with Gasteiger partial charge in [0.15, 0.2) is 5.65 Å². The van der Waals surface area contributed by atoms with E-state index in [9.17, 15) is 4.79 Å². The van der Waals surface area contributed by atoms with Crippen molar-refractivity contribution in [1.82, 2.24) is 24.8 Å². The number of hydrogen-bond donors (Lipinski definition) is 3. The molecule has 26 heavy (non-hydrogen) atoms. The molecule has 1 aromatic carbocycles. The monoisotopic (exact) mass is 416 g/mol. The first-order valence-corrected chi connectivity index (χ1v) is 9.55. The van der Waals surface area contributed by atoms with Gasteiger partial charge in [-0.15, -0.1) is 0 Å². The summed E-state index contributed by atoms with van der Waals surface area (Å²) in [6, 6.07) is 6.00. The smallest absolute Gasteiger partial charge is 0.328 e. The van der Waals surface area contributed by atoms with Crippen molar-refractivity contribution < 1.29 is 0 Å². The molecule has 3 heterocycles. The third-order valence-electron chi connectivity index (χ3n) is 4.93. The molecular weight excluding hydrogens is 396 g/mol. The molecule has 2 aromatic heterocycles. The lowest BCUT2D eigenvalue weighted by atomic mass is 10.1. The molecule has 3 aromatic rings. The van der Waals surface area contributed by atoms with E-state index in [1.54, 1.807) is 10.8 Å². The topological polar surface area (TPSA) is 87.6 Å². The van der Waals surface area contributed by atoms with Gasteiger partial charge in [0.05, 0.1) is 12.7 Å². The molecule has 1 fully saturated rings. The number of aromatic nitrogens is 4. The van der Waals surface area contributed by atoms with Crippen molar-refractivity contribution in [2.24, 2.45) is 5.92 Å². The lowest BCUT2D eigenvalue weighted by Gasteiger charge is -2.11. The second kappa shape index (κ2) is 7.20. The Morgan fingerprint density at radius 2 is 2.31 bits per heavy atom. The molecule has 7 nitrogen and oxygen atoms in total. The Bertz CT molecular complexity index is 989. The number of hydrogen-bond acceptors (Lipinski definition) is 5. The molecule has 1 saturated heterocycles. The van der Waals surface area contributed by atoms with Crippen LogP contribution >= 0.6 is 15.9 Å². The molecule has 1 atom stereocenters. The summed E-state index contributed by atoms with van der Waals surface area (Å²) in [5.41, 5.74) is 3.29. The van der Waals surface area contributed by atoms with Crippen LogP contribution < -0.4 is 16.3 Å². The maximum atomic E-state index is 12.4. The van der Waals surface area contributed by atoms with Gasteiger partial charge in [0.25, 0.3) is 0 Å². The zero-order valence-corrected chi connectivity index (χ0v) is 16.1. The minimum Gasteiger partial charge on any atom is -0.354 e. The first-order chi connectivity index (χ1) is 12.6. The Kier molecular flexibility index (Phi) is 4.78. The summed E-state index contributed by atoms with van der Waals surface area (Å²) in [4.78, 5) is 24.2. The predicted molar refractivity (Wildman–Crippen MR) is 106 cm³/mol. The van der Waals surface area contributed by atoms with E-state index in [1.165, 1.54) is 0 Å². The summed E-state index contributed by atoms with van der Waals surface area (Å²) >= 11 is 3.55. The van der Waals surface area contributed by atoms with E-state index < -0.39 is 0 Å². The van der Waals surface area contributed by atoms with Crippen LogP contribution in [0.4, 0.5) is 5.95 Å². The molecule has 0 spiro atoms. The van der Waals surface area contributed by atoms with E-state index in [4.69, 9.17) is 0 Å². The average molecular weight is 417 g/mol. The molecule has 0 radical (unpaired) electrons. The number of nitrogens with one attached hydrogen (secondary N) is 3. The van der Waals surface area contributed by atoms with Crippen molar-refractivity contribution in [2.75, 3.05) is 25.0 Å². The van der Waals surface area contributed by atoms with Gasteiger partial charge in [-0.3, -0.25) is 4.57 Å². The Morgan fingerprint density at radius 1 is 1.42 bits per heavy atom.